The molecular formula is C24H24N2O2. The van der Waals surface area contributed by atoms with Gasteiger partial charge in [0, 0.05) is 23.4 Å². The lowest BCUT2D eigenvalue weighted by atomic mass is 10.1. The van der Waals surface area contributed by atoms with Crippen molar-refractivity contribution < 1.29 is 9.59 Å². The maximum Gasteiger partial charge on any atom is 0.255 e. The van der Waals surface area contributed by atoms with Gasteiger partial charge < -0.3 is 10.6 Å². The van der Waals surface area contributed by atoms with E-state index in [2.05, 4.69) is 10.6 Å². The number of hydrogen-bond acceptors (Lipinski definition) is 2. The van der Waals surface area contributed by atoms with Crippen LogP contribution in [-0.2, 0) is 6.42 Å². The first-order valence-electron chi connectivity index (χ1n) is 9.34. The third-order valence-corrected chi connectivity index (χ3v) is 4.56. The molecule has 0 aliphatic heterocycles. The Morgan fingerprint density at radius 1 is 0.786 bits per heavy atom. The zero-order chi connectivity index (χ0) is 19.9. The first kappa shape index (κ1) is 19.4. The Morgan fingerprint density at radius 3 is 2.21 bits per heavy atom. The summed E-state index contributed by atoms with van der Waals surface area (Å²) in [6, 6.07) is 22.6. The van der Waals surface area contributed by atoms with Crippen molar-refractivity contribution in [3.8, 4) is 0 Å². The van der Waals surface area contributed by atoms with Gasteiger partial charge in [-0.05, 0) is 55.7 Å². The van der Waals surface area contributed by atoms with Gasteiger partial charge in [-0.15, -0.1) is 0 Å². The Morgan fingerprint density at radius 2 is 1.50 bits per heavy atom. The maximum atomic E-state index is 12.6. The van der Waals surface area contributed by atoms with Crippen LogP contribution in [0.3, 0.4) is 0 Å². The molecule has 28 heavy (non-hydrogen) atoms. The van der Waals surface area contributed by atoms with E-state index in [1.807, 2.05) is 62.4 Å². The summed E-state index contributed by atoms with van der Waals surface area (Å²) in [6.45, 7) is 4.51. The van der Waals surface area contributed by atoms with Gasteiger partial charge in [-0.2, -0.15) is 0 Å². The summed E-state index contributed by atoms with van der Waals surface area (Å²) in [5.74, 6) is -0.414. The monoisotopic (exact) mass is 372 g/mol. The van der Waals surface area contributed by atoms with E-state index in [4.69, 9.17) is 0 Å². The first-order valence-corrected chi connectivity index (χ1v) is 9.34. The van der Waals surface area contributed by atoms with Gasteiger partial charge in [0.05, 0.1) is 0 Å². The molecule has 0 saturated carbocycles. The van der Waals surface area contributed by atoms with Crippen molar-refractivity contribution >= 4 is 17.5 Å². The fraction of sp³-hybridized carbons (Fsp3) is 0.167. The Balaban J connectivity index is 1.62. The largest absolute Gasteiger partial charge is 0.352 e. The van der Waals surface area contributed by atoms with Gasteiger partial charge >= 0.3 is 0 Å². The van der Waals surface area contributed by atoms with Crippen LogP contribution in [0.2, 0.25) is 0 Å². The summed E-state index contributed by atoms with van der Waals surface area (Å²) in [5, 5.41) is 5.82. The zero-order valence-corrected chi connectivity index (χ0v) is 16.2. The second kappa shape index (κ2) is 9.00. The molecule has 0 spiro atoms. The Bertz CT molecular complexity index is 981. The Labute approximate surface area is 165 Å². The summed E-state index contributed by atoms with van der Waals surface area (Å²) in [4.78, 5) is 25.0. The average molecular weight is 372 g/mol. The fourth-order valence-corrected chi connectivity index (χ4v) is 3.02. The third-order valence-electron chi connectivity index (χ3n) is 4.56. The lowest BCUT2D eigenvalue weighted by molar-refractivity contribution is 0.0954. The van der Waals surface area contributed by atoms with Crippen molar-refractivity contribution in [2.24, 2.45) is 0 Å². The minimum absolute atomic E-state index is 0.183. The molecule has 0 aliphatic rings. The van der Waals surface area contributed by atoms with Crippen LogP contribution >= 0.6 is 0 Å². The van der Waals surface area contributed by atoms with Crippen molar-refractivity contribution in [3.05, 3.63) is 101 Å². The molecule has 142 valence electrons. The molecule has 0 aliphatic carbocycles. The van der Waals surface area contributed by atoms with E-state index in [9.17, 15) is 9.59 Å². The topological polar surface area (TPSA) is 58.2 Å². The highest BCUT2D eigenvalue weighted by atomic mass is 16.2. The molecule has 0 atom stereocenters. The molecule has 0 aromatic heterocycles. The van der Waals surface area contributed by atoms with Gasteiger partial charge in [0.25, 0.3) is 11.8 Å². The molecule has 2 amide bonds. The highest BCUT2D eigenvalue weighted by Crippen LogP contribution is 2.17. The van der Waals surface area contributed by atoms with Crippen LogP contribution in [0, 0.1) is 13.8 Å². The van der Waals surface area contributed by atoms with Gasteiger partial charge in [-0.1, -0.05) is 54.1 Å². The minimum Gasteiger partial charge on any atom is -0.352 e. The zero-order valence-electron chi connectivity index (χ0n) is 16.2. The van der Waals surface area contributed by atoms with Crippen molar-refractivity contribution in [3.63, 3.8) is 0 Å². The summed E-state index contributed by atoms with van der Waals surface area (Å²) < 4.78 is 0. The molecule has 2 N–H and O–H groups in total. The quantitative estimate of drug-likeness (QED) is 0.668. The van der Waals surface area contributed by atoms with Crippen LogP contribution in [-0.4, -0.2) is 18.4 Å². The van der Waals surface area contributed by atoms with Crippen LogP contribution in [0.4, 0.5) is 5.69 Å². The summed E-state index contributed by atoms with van der Waals surface area (Å²) in [6.07, 6.45) is 0.763. The first-order chi connectivity index (χ1) is 13.5. The smallest absolute Gasteiger partial charge is 0.255 e. The van der Waals surface area contributed by atoms with E-state index in [1.54, 1.807) is 24.3 Å². The summed E-state index contributed by atoms with van der Waals surface area (Å²) >= 11 is 0. The number of carbonyl (C=O) groups excluding carboxylic acids is 2. The molecule has 3 aromatic rings. The standard InChI is InChI=1S/C24H24N2O2/c1-17-11-12-22(18(2)15-17)26-24(28)21-10-6-9-20(16-21)23(27)25-14-13-19-7-4-3-5-8-19/h3-12,15-16H,13-14H2,1-2H3,(H,25,27)(H,26,28). The van der Waals surface area contributed by atoms with Gasteiger partial charge in [-0.25, -0.2) is 0 Å². The number of carbonyl (C=O) groups is 2. The molecule has 4 heteroatoms. The summed E-state index contributed by atoms with van der Waals surface area (Å²) in [5.41, 5.74) is 5.02. The van der Waals surface area contributed by atoms with Crippen molar-refractivity contribution in [2.75, 3.05) is 11.9 Å². The molecule has 3 aromatic carbocycles. The minimum atomic E-state index is -0.231. The van der Waals surface area contributed by atoms with Crippen LogP contribution in [0.5, 0.6) is 0 Å². The van der Waals surface area contributed by atoms with Crippen molar-refractivity contribution in [1.82, 2.24) is 5.32 Å². The van der Waals surface area contributed by atoms with Crippen LogP contribution in [0.15, 0.2) is 72.8 Å². The van der Waals surface area contributed by atoms with E-state index in [-0.39, 0.29) is 11.8 Å². The Kier molecular flexibility index (Phi) is 6.22. The van der Waals surface area contributed by atoms with Crippen LogP contribution < -0.4 is 10.6 Å². The summed E-state index contributed by atoms with van der Waals surface area (Å²) in [7, 11) is 0. The van der Waals surface area contributed by atoms with Crippen LogP contribution in [0.25, 0.3) is 0 Å². The molecule has 0 saturated heterocycles. The van der Waals surface area contributed by atoms with Gasteiger partial charge in [-0.3, -0.25) is 9.59 Å². The van der Waals surface area contributed by atoms with Crippen molar-refractivity contribution in [2.45, 2.75) is 20.3 Å². The fourth-order valence-electron chi connectivity index (χ4n) is 3.02. The average Bonchev–Trinajstić information content (AvgIpc) is 2.71. The second-order valence-electron chi connectivity index (χ2n) is 6.84. The van der Waals surface area contributed by atoms with E-state index in [1.165, 1.54) is 5.56 Å². The molecule has 3 rings (SSSR count). The van der Waals surface area contributed by atoms with Gasteiger partial charge in [0.2, 0.25) is 0 Å². The normalized spacial score (nSPS) is 10.4. The molecule has 0 heterocycles. The van der Waals surface area contributed by atoms with Gasteiger partial charge in [0.1, 0.15) is 0 Å². The molecule has 4 nitrogen and oxygen atoms in total. The number of anilines is 1. The molecule has 0 fully saturated rings. The molecule has 0 radical (unpaired) electrons. The third kappa shape index (κ3) is 5.07. The Hall–Kier alpha value is -3.40. The molecule has 0 unspecified atom stereocenters. The van der Waals surface area contributed by atoms with Crippen LogP contribution in [0.1, 0.15) is 37.4 Å². The number of nitrogens with one attached hydrogen (secondary N) is 2. The SMILES string of the molecule is Cc1ccc(NC(=O)c2cccc(C(=O)NCCc3ccccc3)c2)c(C)c1. The number of benzene rings is 3. The van der Waals surface area contributed by atoms with Crippen molar-refractivity contribution in [1.29, 1.82) is 0 Å². The van der Waals surface area contributed by atoms with E-state index in [0.717, 1.165) is 23.2 Å². The lowest BCUT2D eigenvalue weighted by Gasteiger charge is -2.10. The van der Waals surface area contributed by atoms with Gasteiger partial charge in [0.15, 0.2) is 0 Å². The predicted octanol–water partition coefficient (Wildman–Crippen LogP) is 4.53. The number of rotatable bonds is 6. The van der Waals surface area contributed by atoms with E-state index in [0.29, 0.717) is 17.7 Å². The van der Waals surface area contributed by atoms with E-state index < -0.39 is 0 Å². The second-order valence-corrected chi connectivity index (χ2v) is 6.84. The highest BCUT2D eigenvalue weighted by Gasteiger charge is 2.11. The molecule has 0 bridgehead atoms. The highest BCUT2D eigenvalue weighted by molar-refractivity contribution is 6.06. The lowest BCUT2D eigenvalue weighted by Crippen LogP contribution is -2.26. The molecular weight excluding hydrogens is 348 g/mol. The predicted molar refractivity (Wildman–Crippen MR) is 113 cm³/mol. The maximum absolute atomic E-state index is 12.6. The van der Waals surface area contributed by atoms with E-state index >= 15 is 0 Å². The number of amides is 2. The number of aryl methyl sites for hydroxylation is 2. The number of hydrogen-bond donors (Lipinski definition) is 2.